The highest BCUT2D eigenvalue weighted by Crippen LogP contribution is 2.18. The van der Waals surface area contributed by atoms with Gasteiger partial charge in [-0.2, -0.15) is 5.10 Å². The molecule has 0 atom stereocenters. The zero-order valence-corrected chi connectivity index (χ0v) is 15.2. The number of nitrogens with one attached hydrogen (secondary N) is 1. The van der Waals surface area contributed by atoms with E-state index < -0.39 is 0 Å². The minimum absolute atomic E-state index is 0.268. The van der Waals surface area contributed by atoms with Crippen LogP contribution in [-0.4, -0.2) is 25.8 Å². The second-order valence-electron chi connectivity index (χ2n) is 5.72. The van der Waals surface area contributed by atoms with Crippen molar-refractivity contribution in [3.05, 3.63) is 95.6 Å². The molecule has 3 rings (SSSR count). The van der Waals surface area contributed by atoms with E-state index in [0.717, 1.165) is 22.6 Å². The van der Waals surface area contributed by atoms with Gasteiger partial charge in [-0.1, -0.05) is 18.2 Å². The van der Waals surface area contributed by atoms with E-state index >= 15 is 0 Å². The van der Waals surface area contributed by atoms with Crippen LogP contribution in [0.1, 0.15) is 21.5 Å². The topological polar surface area (TPSA) is 59.9 Å². The molecule has 0 saturated carbocycles. The summed E-state index contributed by atoms with van der Waals surface area (Å²) >= 11 is 0. The van der Waals surface area contributed by atoms with Crippen LogP contribution >= 0.6 is 0 Å². The molecular weight excluding hydrogens is 340 g/mol. The lowest BCUT2D eigenvalue weighted by molar-refractivity contribution is 0.0955. The summed E-state index contributed by atoms with van der Waals surface area (Å²) < 4.78 is 10.4. The summed E-state index contributed by atoms with van der Waals surface area (Å²) in [6.07, 6.45) is 0. The second kappa shape index (κ2) is 8.67. The minimum Gasteiger partial charge on any atom is -0.497 e. The van der Waals surface area contributed by atoms with Crippen molar-refractivity contribution >= 4 is 11.6 Å². The van der Waals surface area contributed by atoms with Gasteiger partial charge >= 0.3 is 0 Å². The minimum atomic E-state index is -0.268. The van der Waals surface area contributed by atoms with Gasteiger partial charge in [0.2, 0.25) is 0 Å². The molecule has 0 aliphatic carbocycles. The molecule has 0 fully saturated rings. The van der Waals surface area contributed by atoms with Crippen LogP contribution in [0.2, 0.25) is 0 Å². The molecule has 1 N–H and O–H groups in total. The van der Waals surface area contributed by atoms with Gasteiger partial charge in [0, 0.05) is 16.7 Å². The quantitative estimate of drug-likeness (QED) is 0.536. The van der Waals surface area contributed by atoms with Gasteiger partial charge in [0.1, 0.15) is 11.5 Å². The van der Waals surface area contributed by atoms with Crippen molar-refractivity contribution in [1.29, 1.82) is 0 Å². The zero-order chi connectivity index (χ0) is 19.1. The van der Waals surface area contributed by atoms with E-state index in [1.807, 2.05) is 66.7 Å². The number of ether oxygens (including phenoxy) is 2. The molecule has 0 bridgehead atoms. The van der Waals surface area contributed by atoms with Crippen molar-refractivity contribution in [2.45, 2.75) is 0 Å². The predicted octanol–water partition coefficient (Wildman–Crippen LogP) is 3.89. The highest BCUT2D eigenvalue weighted by atomic mass is 16.5. The lowest BCUT2D eigenvalue weighted by atomic mass is 10.0. The fraction of sp³-hybridized carbons (Fsp3) is 0.0909. The Labute approximate surface area is 158 Å². The van der Waals surface area contributed by atoms with Crippen molar-refractivity contribution in [3.8, 4) is 11.5 Å². The summed E-state index contributed by atoms with van der Waals surface area (Å²) in [5.41, 5.74) is 5.54. The van der Waals surface area contributed by atoms with Crippen molar-refractivity contribution in [2.24, 2.45) is 5.10 Å². The number of methoxy groups -OCH3 is 2. The average Bonchev–Trinajstić information content (AvgIpc) is 2.75. The van der Waals surface area contributed by atoms with Gasteiger partial charge in [-0.05, 0) is 60.7 Å². The number of hydrogen-bond donors (Lipinski definition) is 1. The number of nitrogens with zero attached hydrogens (tertiary/aromatic N) is 1. The van der Waals surface area contributed by atoms with Gasteiger partial charge in [-0.15, -0.1) is 0 Å². The summed E-state index contributed by atoms with van der Waals surface area (Å²) in [4.78, 5) is 12.4. The first-order chi connectivity index (χ1) is 13.2. The molecule has 3 aromatic carbocycles. The van der Waals surface area contributed by atoms with E-state index in [4.69, 9.17) is 9.47 Å². The van der Waals surface area contributed by atoms with Crippen molar-refractivity contribution in [2.75, 3.05) is 14.2 Å². The molecule has 0 aliphatic rings. The second-order valence-corrected chi connectivity index (χ2v) is 5.72. The SMILES string of the molecule is COc1ccc(C(=NNC(=O)c2ccccc2)c2ccc(OC)cc2)cc1. The van der Waals surface area contributed by atoms with E-state index in [9.17, 15) is 4.79 Å². The maximum atomic E-state index is 12.4. The Morgan fingerprint density at radius 2 is 1.19 bits per heavy atom. The summed E-state index contributed by atoms with van der Waals surface area (Å²) in [5, 5.41) is 4.39. The Hall–Kier alpha value is -3.60. The largest absolute Gasteiger partial charge is 0.497 e. The Morgan fingerprint density at radius 1 is 0.704 bits per heavy atom. The third-order valence-corrected chi connectivity index (χ3v) is 4.03. The van der Waals surface area contributed by atoms with Crippen LogP contribution < -0.4 is 14.9 Å². The molecule has 5 heteroatoms. The highest BCUT2D eigenvalue weighted by molar-refractivity contribution is 6.13. The number of benzene rings is 3. The molecule has 136 valence electrons. The first kappa shape index (κ1) is 18.2. The highest BCUT2D eigenvalue weighted by Gasteiger charge is 2.10. The van der Waals surface area contributed by atoms with Gasteiger partial charge in [0.15, 0.2) is 0 Å². The maximum absolute atomic E-state index is 12.4. The summed E-state index contributed by atoms with van der Waals surface area (Å²) in [6, 6.07) is 24.0. The molecule has 3 aromatic rings. The Bertz CT molecular complexity index is 869. The van der Waals surface area contributed by atoms with Gasteiger partial charge in [-0.25, -0.2) is 5.43 Å². The molecule has 0 spiro atoms. The van der Waals surface area contributed by atoms with Crippen molar-refractivity contribution in [1.82, 2.24) is 5.43 Å². The Morgan fingerprint density at radius 3 is 1.63 bits per heavy atom. The fourth-order valence-corrected chi connectivity index (χ4v) is 2.55. The third-order valence-electron chi connectivity index (χ3n) is 4.03. The monoisotopic (exact) mass is 360 g/mol. The molecule has 0 heterocycles. The Kier molecular flexibility index (Phi) is 5.84. The van der Waals surface area contributed by atoms with Crippen molar-refractivity contribution < 1.29 is 14.3 Å². The molecule has 0 saturated heterocycles. The number of carbonyl (C=O) groups is 1. The number of hydrazone groups is 1. The van der Waals surface area contributed by atoms with Gasteiger partial charge in [-0.3, -0.25) is 4.79 Å². The zero-order valence-electron chi connectivity index (χ0n) is 15.2. The van der Waals surface area contributed by atoms with Crippen LogP contribution in [0.3, 0.4) is 0 Å². The number of carbonyl (C=O) groups excluding carboxylic acids is 1. The first-order valence-electron chi connectivity index (χ1n) is 8.43. The molecule has 5 nitrogen and oxygen atoms in total. The smallest absolute Gasteiger partial charge is 0.271 e. The van der Waals surface area contributed by atoms with Crippen LogP contribution in [-0.2, 0) is 0 Å². The molecule has 0 aromatic heterocycles. The molecular formula is C22H20N2O3. The van der Waals surface area contributed by atoms with Crippen LogP contribution in [0.25, 0.3) is 0 Å². The van der Waals surface area contributed by atoms with Gasteiger partial charge in [0.05, 0.1) is 19.9 Å². The van der Waals surface area contributed by atoms with Crippen LogP contribution in [0.15, 0.2) is 84.0 Å². The molecule has 27 heavy (non-hydrogen) atoms. The van der Waals surface area contributed by atoms with Gasteiger partial charge in [0.25, 0.3) is 5.91 Å². The number of rotatable bonds is 6. The van der Waals surface area contributed by atoms with E-state index in [1.165, 1.54) is 0 Å². The predicted molar refractivity (Wildman–Crippen MR) is 106 cm³/mol. The first-order valence-corrected chi connectivity index (χ1v) is 8.43. The van der Waals surface area contributed by atoms with Gasteiger partial charge < -0.3 is 9.47 Å². The lowest BCUT2D eigenvalue weighted by Crippen LogP contribution is -2.20. The molecule has 0 aliphatic heterocycles. The molecule has 0 unspecified atom stereocenters. The molecule has 1 amide bonds. The Balaban J connectivity index is 1.93. The van der Waals surface area contributed by atoms with E-state index in [-0.39, 0.29) is 5.91 Å². The lowest BCUT2D eigenvalue weighted by Gasteiger charge is -2.10. The fourth-order valence-electron chi connectivity index (χ4n) is 2.55. The van der Waals surface area contributed by atoms with Crippen LogP contribution in [0.4, 0.5) is 0 Å². The summed E-state index contributed by atoms with van der Waals surface area (Å²) in [5.74, 6) is 1.23. The van der Waals surface area contributed by atoms with E-state index in [0.29, 0.717) is 11.3 Å². The average molecular weight is 360 g/mol. The van der Waals surface area contributed by atoms with E-state index in [1.54, 1.807) is 26.4 Å². The van der Waals surface area contributed by atoms with E-state index in [2.05, 4.69) is 10.5 Å². The van der Waals surface area contributed by atoms with Crippen LogP contribution in [0.5, 0.6) is 11.5 Å². The number of hydrogen-bond acceptors (Lipinski definition) is 4. The normalized spacial score (nSPS) is 10.0. The molecule has 0 radical (unpaired) electrons. The number of amides is 1. The summed E-state index contributed by atoms with van der Waals surface area (Å²) in [7, 11) is 3.24. The third kappa shape index (κ3) is 4.52. The van der Waals surface area contributed by atoms with Crippen LogP contribution in [0, 0.1) is 0 Å². The van der Waals surface area contributed by atoms with Crippen molar-refractivity contribution in [3.63, 3.8) is 0 Å². The maximum Gasteiger partial charge on any atom is 0.271 e. The summed E-state index contributed by atoms with van der Waals surface area (Å²) in [6.45, 7) is 0. The standard InChI is InChI=1S/C22H20N2O3/c1-26-19-12-8-16(9-13-19)21(17-10-14-20(27-2)15-11-17)23-24-22(25)18-6-4-3-5-7-18/h3-15H,1-2H3,(H,24,25).